The summed E-state index contributed by atoms with van der Waals surface area (Å²) < 4.78 is 28.1. The number of anilines is 1. The van der Waals surface area contributed by atoms with Gasteiger partial charge in [0.1, 0.15) is 11.6 Å². The van der Waals surface area contributed by atoms with Crippen LogP contribution in [0.25, 0.3) is 0 Å². The quantitative estimate of drug-likeness (QED) is 0.845. The number of halogens is 2. The van der Waals surface area contributed by atoms with Crippen molar-refractivity contribution in [2.24, 2.45) is 0 Å². The topological polar surface area (TPSA) is 35.6 Å². The third kappa shape index (κ3) is 4.56. The molecule has 1 aliphatic heterocycles. The molecule has 6 heteroatoms. The molecule has 0 aromatic heterocycles. The van der Waals surface area contributed by atoms with Crippen LogP contribution in [-0.4, -0.2) is 48.4 Å². The Morgan fingerprint density at radius 2 is 1.54 bits per heavy atom. The standard InChI is InChI=1S/C22H27F2N3O/c1-15-6-4-7-16(2)22(15)25-20(28)14-26-10-12-27(13-11-26)17(3)21-18(23)8-5-9-19(21)24/h4-9,17H,10-14H2,1-3H3,(H,25,28). The number of piperazine rings is 1. The Balaban J connectivity index is 1.55. The van der Waals surface area contributed by atoms with Crippen molar-refractivity contribution >= 4 is 11.6 Å². The SMILES string of the molecule is Cc1cccc(C)c1NC(=O)CN1CCN(C(C)c2c(F)cccc2F)CC1. The summed E-state index contributed by atoms with van der Waals surface area (Å²) in [6, 6.07) is 9.56. The van der Waals surface area contributed by atoms with Crippen molar-refractivity contribution in [3.8, 4) is 0 Å². The number of carbonyl (C=O) groups is 1. The Kier molecular flexibility index (Phi) is 6.42. The van der Waals surface area contributed by atoms with E-state index in [-0.39, 0.29) is 17.5 Å². The average molecular weight is 387 g/mol. The molecule has 1 fully saturated rings. The summed E-state index contributed by atoms with van der Waals surface area (Å²) in [6.45, 7) is 8.77. The monoisotopic (exact) mass is 387 g/mol. The number of rotatable bonds is 5. The fraction of sp³-hybridized carbons (Fsp3) is 0.409. The fourth-order valence-corrected chi connectivity index (χ4v) is 3.79. The predicted octanol–water partition coefficient (Wildman–Crippen LogP) is 3.90. The van der Waals surface area contributed by atoms with Crippen LogP contribution < -0.4 is 5.32 Å². The molecule has 1 N–H and O–H groups in total. The minimum atomic E-state index is -0.511. The highest BCUT2D eigenvalue weighted by Gasteiger charge is 2.26. The minimum Gasteiger partial charge on any atom is -0.324 e. The van der Waals surface area contributed by atoms with Gasteiger partial charge in [0.05, 0.1) is 6.54 Å². The molecule has 1 saturated heterocycles. The highest BCUT2D eigenvalue weighted by atomic mass is 19.1. The van der Waals surface area contributed by atoms with Crippen LogP contribution in [0.2, 0.25) is 0 Å². The summed E-state index contributed by atoms with van der Waals surface area (Å²) in [4.78, 5) is 16.6. The molecule has 1 heterocycles. The van der Waals surface area contributed by atoms with E-state index in [0.29, 0.717) is 32.7 Å². The third-order valence-electron chi connectivity index (χ3n) is 5.48. The zero-order valence-corrected chi connectivity index (χ0v) is 16.6. The number of nitrogens with one attached hydrogen (secondary N) is 1. The maximum atomic E-state index is 14.0. The van der Waals surface area contributed by atoms with E-state index >= 15 is 0 Å². The second-order valence-electron chi connectivity index (χ2n) is 7.44. The number of para-hydroxylation sites is 1. The molecular weight excluding hydrogens is 360 g/mol. The van der Waals surface area contributed by atoms with Crippen LogP contribution in [-0.2, 0) is 4.79 Å². The molecule has 2 aromatic rings. The first-order valence-electron chi connectivity index (χ1n) is 9.63. The van der Waals surface area contributed by atoms with Crippen molar-refractivity contribution in [2.75, 3.05) is 38.0 Å². The van der Waals surface area contributed by atoms with Gasteiger partial charge in [-0.1, -0.05) is 24.3 Å². The van der Waals surface area contributed by atoms with E-state index in [1.807, 2.05) is 39.0 Å². The molecule has 1 aliphatic rings. The molecule has 0 saturated carbocycles. The Morgan fingerprint density at radius 1 is 1.00 bits per heavy atom. The van der Waals surface area contributed by atoms with Gasteiger partial charge in [-0.15, -0.1) is 0 Å². The summed E-state index contributed by atoms with van der Waals surface area (Å²) in [5.74, 6) is -1.06. The van der Waals surface area contributed by atoms with Crippen LogP contribution in [0.5, 0.6) is 0 Å². The van der Waals surface area contributed by atoms with E-state index < -0.39 is 11.6 Å². The van der Waals surface area contributed by atoms with Gasteiger partial charge in [-0.05, 0) is 44.0 Å². The maximum Gasteiger partial charge on any atom is 0.238 e. The highest BCUT2D eigenvalue weighted by molar-refractivity contribution is 5.93. The van der Waals surface area contributed by atoms with Crippen LogP contribution in [0.4, 0.5) is 14.5 Å². The molecule has 1 atom stereocenters. The minimum absolute atomic E-state index is 0.0425. The lowest BCUT2D eigenvalue weighted by Crippen LogP contribution is -2.49. The molecule has 4 nitrogen and oxygen atoms in total. The molecule has 0 spiro atoms. The van der Waals surface area contributed by atoms with Gasteiger partial charge in [0.15, 0.2) is 0 Å². The molecule has 0 radical (unpaired) electrons. The average Bonchev–Trinajstić information content (AvgIpc) is 2.65. The predicted molar refractivity (Wildman–Crippen MR) is 107 cm³/mol. The van der Waals surface area contributed by atoms with E-state index in [0.717, 1.165) is 16.8 Å². The van der Waals surface area contributed by atoms with Crippen molar-refractivity contribution in [3.63, 3.8) is 0 Å². The van der Waals surface area contributed by atoms with Crippen LogP contribution in [0, 0.1) is 25.5 Å². The number of carbonyl (C=O) groups excluding carboxylic acids is 1. The number of aryl methyl sites for hydroxylation is 2. The van der Waals surface area contributed by atoms with Crippen LogP contribution in [0.15, 0.2) is 36.4 Å². The van der Waals surface area contributed by atoms with E-state index in [1.54, 1.807) is 0 Å². The molecule has 0 bridgehead atoms. The zero-order chi connectivity index (χ0) is 20.3. The lowest BCUT2D eigenvalue weighted by atomic mass is 10.0. The van der Waals surface area contributed by atoms with Crippen molar-refractivity contribution in [1.82, 2.24) is 9.80 Å². The van der Waals surface area contributed by atoms with E-state index in [4.69, 9.17) is 0 Å². The molecule has 28 heavy (non-hydrogen) atoms. The summed E-state index contributed by atoms with van der Waals surface area (Å²) >= 11 is 0. The lowest BCUT2D eigenvalue weighted by Gasteiger charge is -2.38. The summed E-state index contributed by atoms with van der Waals surface area (Å²) in [5, 5.41) is 3.01. The largest absolute Gasteiger partial charge is 0.324 e. The molecule has 1 unspecified atom stereocenters. The van der Waals surface area contributed by atoms with E-state index in [9.17, 15) is 13.6 Å². The first kappa shape index (κ1) is 20.4. The molecule has 1 amide bonds. The number of nitrogens with zero attached hydrogens (tertiary/aromatic N) is 2. The smallest absolute Gasteiger partial charge is 0.238 e. The van der Waals surface area contributed by atoms with Gasteiger partial charge in [0.2, 0.25) is 5.91 Å². The van der Waals surface area contributed by atoms with E-state index in [2.05, 4.69) is 15.1 Å². The summed E-state index contributed by atoms with van der Waals surface area (Å²) in [7, 11) is 0. The molecule has 3 rings (SSSR count). The van der Waals surface area contributed by atoms with E-state index in [1.165, 1.54) is 18.2 Å². The van der Waals surface area contributed by atoms with Crippen LogP contribution in [0.1, 0.15) is 29.7 Å². The van der Waals surface area contributed by atoms with Crippen molar-refractivity contribution < 1.29 is 13.6 Å². The second kappa shape index (κ2) is 8.80. The van der Waals surface area contributed by atoms with Crippen LogP contribution >= 0.6 is 0 Å². The third-order valence-corrected chi connectivity index (χ3v) is 5.48. The highest BCUT2D eigenvalue weighted by Crippen LogP contribution is 2.26. The Bertz CT molecular complexity index is 807. The first-order chi connectivity index (χ1) is 13.4. The number of benzene rings is 2. The Hall–Kier alpha value is -2.31. The van der Waals surface area contributed by atoms with Crippen molar-refractivity contribution in [2.45, 2.75) is 26.8 Å². The lowest BCUT2D eigenvalue weighted by molar-refractivity contribution is -0.117. The van der Waals surface area contributed by atoms with Crippen LogP contribution in [0.3, 0.4) is 0 Å². The normalized spacial score (nSPS) is 16.8. The Labute approximate surface area is 165 Å². The fourth-order valence-electron chi connectivity index (χ4n) is 3.79. The number of hydrogen-bond acceptors (Lipinski definition) is 3. The van der Waals surface area contributed by atoms with Gasteiger partial charge in [-0.3, -0.25) is 14.6 Å². The molecule has 2 aromatic carbocycles. The van der Waals surface area contributed by atoms with Gasteiger partial charge >= 0.3 is 0 Å². The summed E-state index contributed by atoms with van der Waals surface area (Å²) in [5.41, 5.74) is 3.07. The maximum absolute atomic E-state index is 14.0. The van der Waals surface area contributed by atoms with Gasteiger partial charge in [0, 0.05) is 43.5 Å². The van der Waals surface area contributed by atoms with Gasteiger partial charge < -0.3 is 5.32 Å². The number of amides is 1. The van der Waals surface area contributed by atoms with Crippen molar-refractivity contribution in [1.29, 1.82) is 0 Å². The Morgan fingerprint density at radius 3 is 2.11 bits per heavy atom. The molecular formula is C22H27F2N3O. The zero-order valence-electron chi connectivity index (χ0n) is 16.6. The van der Waals surface area contributed by atoms with Crippen molar-refractivity contribution in [3.05, 3.63) is 64.7 Å². The van der Waals surface area contributed by atoms with Gasteiger partial charge in [-0.25, -0.2) is 8.78 Å². The molecule has 0 aliphatic carbocycles. The summed E-state index contributed by atoms with van der Waals surface area (Å²) in [6.07, 6.45) is 0. The first-order valence-corrected chi connectivity index (χ1v) is 9.63. The second-order valence-corrected chi connectivity index (χ2v) is 7.44. The van der Waals surface area contributed by atoms with Gasteiger partial charge in [-0.2, -0.15) is 0 Å². The number of hydrogen-bond donors (Lipinski definition) is 1. The van der Waals surface area contributed by atoms with Gasteiger partial charge in [0.25, 0.3) is 0 Å². The molecule has 150 valence electrons.